The van der Waals surface area contributed by atoms with E-state index in [2.05, 4.69) is 14.9 Å². The number of rotatable bonds is 3. The number of benzene rings is 1. The van der Waals surface area contributed by atoms with Crippen molar-refractivity contribution in [3.8, 4) is 0 Å². The number of aromatic nitrogens is 2. The monoisotopic (exact) mass is 344 g/mol. The number of ether oxygens (including phenoxy) is 1. The van der Waals surface area contributed by atoms with Crippen LogP contribution in [0.15, 0.2) is 36.7 Å². The Morgan fingerprint density at radius 3 is 2.72 bits per heavy atom. The molecule has 0 amide bonds. The van der Waals surface area contributed by atoms with Gasteiger partial charge in [0, 0.05) is 25.7 Å². The summed E-state index contributed by atoms with van der Waals surface area (Å²) in [6, 6.07) is 8.39. The number of aliphatic hydroxyl groups is 1. The highest BCUT2D eigenvalue weighted by Gasteiger charge is 2.33. The molecule has 7 heteroatoms. The molecule has 4 rings (SSSR count). The molecule has 132 valence electrons. The molecule has 3 heterocycles. The minimum atomic E-state index is -0.463. The van der Waals surface area contributed by atoms with Gasteiger partial charge in [0.25, 0.3) is 0 Å². The summed E-state index contributed by atoms with van der Waals surface area (Å²) in [5, 5.41) is 10.2. The van der Waals surface area contributed by atoms with Gasteiger partial charge in [0.15, 0.2) is 0 Å². The van der Waals surface area contributed by atoms with E-state index in [9.17, 15) is 9.50 Å². The van der Waals surface area contributed by atoms with Crippen molar-refractivity contribution in [2.24, 2.45) is 0 Å². The van der Waals surface area contributed by atoms with Crippen LogP contribution in [0.25, 0.3) is 0 Å². The fraction of sp³-hybridized carbons (Fsp3) is 0.444. The predicted octanol–water partition coefficient (Wildman–Crippen LogP) is 1.76. The number of hydrogen-bond donors (Lipinski definition) is 1. The van der Waals surface area contributed by atoms with Crippen molar-refractivity contribution >= 4 is 11.6 Å². The van der Waals surface area contributed by atoms with Gasteiger partial charge in [0.1, 0.15) is 23.8 Å². The van der Waals surface area contributed by atoms with E-state index in [-0.39, 0.29) is 11.9 Å². The fourth-order valence-electron chi connectivity index (χ4n) is 3.56. The average molecular weight is 344 g/mol. The van der Waals surface area contributed by atoms with Crippen LogP contribution in [-0.4, -0.2) is 54.0 Å². The van der Waals surface area contributed by atoms with Gasteiger partial charge in [0.05, 0.1) is 25.4 Å². The lowest BCUT2D eigenvalue weighted by molar-refractivity contribution is 0.122. The fourth-order valence-corrected chi connectivity index (χ4v) is 3.56. The molecule has 1 N–H and O–H groups in total. The van der Waals surface area contributed by atoms with Crippen LogP contribution in [0.2, 0.25) is 0 Å². The number of nitrogens with zero attached hydrogens (tertiary/aromatic N) is 4. The summed E-state index contributed by atoms with van der Waals surface area (Å²) in [5.74, 6) is 1.34. The zero-order valence-corrected chi connectivity index (χ0v) is 13.9. The van der Waals surface area contributed by atoms with Crippen molar-refractivity contribution in [2.45, 2.75) is 18.6 Å². The summed E-state index contributed by atoms with van der Waals surface area (Å²) in [5.41, 5.74) is 0.850. The maximum Gasteiger partial charge on any atom is 0.134 e. The molecule has 0 radical (unpaired) electrons. The van der Waals surface area contributed by atoms with Gasteiger partial charge in [-0.3, -0.25) is 0 Å². The third-order valence-electron chi connectivity index (χ3n) is 4.78. The number of halogens is 1. The Kier molecular flexibility index (Phi) is 4.50. The molecule has 2 fully saturated rings. The summed E-state index contributed by atoms with van der Waals surface area (Å²) in [4.78, 5) is 13.0. The van der Waals surface area contributed by atoms with Gasteiger partial charge in [-0.15, -0.1) is 0 Å². The van der Waals surface area contributed by atoms with Crippen LogP contribution in [0.1, 0.15) is 18.0 Å². The molecule has 25 heavy (non-hydrogen) atoms. The van der Waals surface area contributed by atoms with Gasteiger partial charge in [-0.2, -0.15) is 0 Å². The largest absolute Gasteiger partial charge is 0.391 e. The number of β-amino-alcohol motifs (C(OH)–C–C–N with tert-alkyl or cyclic N) is 1. The second-order valence-electron chi connectivity index (χ2n) is 6.45. The minimum Gasteiger partial charge on any atom is -0.391 e. The minimum absolute atomic E-state index is 0.0989. The molecule has 0 spiro atoms. The smallest absolute Gasteiger partial charge is 0.134 e. The van der Waals surface area contributed by atoms with E-state index in [1.165, 1.54) is 12.1 Å². The van der Waals surface area contributed by atoms with Gasteiger partial charge in [-0.1, -0.05) is 12.1 Å². The van der Waals surface area contributed by atoms with Crippen LogP contribution in [0, 0.1) is 5.82 Å². The highest BCUT2D eigenvalue weighted by molar-refractivity contribution is 5.53. The van der Waals surface area contributed by atoms with Crippen molar-refractivity contribution in [1.82, 2.24) is 9.97 Å². The highest BCUT2D eigenvalue weighted by atomic mass is 19.1. The van der Waals surface area contributed by atoms with E-state index in [1.807, 2.05) is 17.0 Å². The lowest BCUT2D eigenvalue weighted by atomic mass is 10.0. The van der Waals surface area contributed by atoms with Crippen molar-refractivity contribution in [3.05, 3.63) is 48.0 Å². The lowest BCUT2D eigenvalue weighted by Crippen LogP contribution is -2.37. The van der Waals surface area contributed by atoms with Crippen LogP contribution >= 0.6 is 0 Å². The Morgan fingerprint density at radius 1 is 1.12 bits per heavy atom. The zero-order chi connectivity index (χ0) is 17.2. The second kappa shape index (κ2) is 6.93. The first kappa shape index (κ1) is 16.2. The van der Waals surface area contributed by atoms with Gasteiger partial charge in [-0.25, -0.2) is 14.4 Å². The molecular weight excluding hydrogens is 323 g/mol. The summed E-state index contributed by atoms with van der Waals surface area (Å²) in [7, 11) is 0. The molecule has 0 saturated carbocycles. The van der Waals surface area contributed by atoms with Crippen LogP contribution in [0.5, 0.6) is 0 Å². The van der Waals surface area contributed by atoms with E-state index in [4.69, 9.17) is 4.74 Å². The maximum absolute atomic E-state index is 13.6. The molecule has 1 aromatic heterocycles. The van der Waals surface area contributed by atoms with Gasteiger partial charge in [-0.05, 0) is 24.1 Å². The summed E-state index contributed by atoms with van der Waals surface area (Å²) in [6.45, 7) is 3.45. The normalized spacial score (nSPS) is 23.9. The first-order valence-electron chi connectivity index (χ1n) is 8.55. The second-order valence-corrected chi connectivity index (χ2v) is 6.45. The average Bonchev–Trinajstić information content (AvgIpc) is 3.04. The van der Waals surface area contributed by atoms with Crippen molar-refractivity contribution < 1.29 is 14.2 Å². The zero-order valence-electron chi connectivity index (χ0n) is 13.9. The Hall–Kier alpha value is -2.25. The number of morpholine rings is 1. The number of anilines is 2. The lowest BCUT2D eigenvalue weighted by Gasteiger charge is -2.30. The van der Waals surface area contributed by atoms with E-state index >= 15 is 0 Å². The molecule has 2 aliphatic rings. The van der Waals surface area contributed by atoms with E-state index in [0.717, 1.165) is 30.3 Å². The third-order valence-corrected chi connectivity index (χ3v) is 4.78. The Balaban J connectivity index is 1.63. The van der Waals surface area contributed by atoms with Crippen molar-refractivity contribution in [3.63, 3.8) is 0 Å². The number of aliphatic hydroxyl groups excluding tert-OH is 1. The molecule has 0 unspecified atom stereocenters. The van der Waals surface area contributed by atoms with Crippen LogP contribution < -0.4 is 9.80 Å². The van der Waals surface area contributed by atoms with Crippen molar-refractivity contribution in [2.75, 3.05) is 42.6 Å². The van der Waals surface area contributed by atoms with E-state index < -0.39 is 6.10 Å². The third kappa shape index (κ3) is 3.43. The molecule has 6 nitrogen and oxygen atoms in total. The molecule has 0 bridgehead atoms. The molecule has 2 aliphatic heterocycles. The van der Waals surface area contributed by atoms with Gasteiger partial charge in [0.2, 0.25) is 0 Å². The van der Waals surface area contributed by atoms with Gasteiger partial charge >= 0.3 is 0 Å². The van der Waals surface area contributed by atoms with E-state index in [0.29, 0.717) is 26.2 Å². The quantitative estimate of drug-likeness (QED) is 0.916. The SMILES string of the molecule is O[C@H]1C[C@H](c2cccc(F)c2)N(c2cc(N3CCOCC3)ncn2)C1. The molecule has 0 aliphatic carbocycles. The topological polar surface area (TPSA) is 61.7 Å². The van der Waals surface area contributed by atoms with Crippen LogP contribution in [0.3, 0.4) is 0 Å². The highest BCUT2D eigenvalue weighted by Crippen LogP contribution is 2.36. The van der Waals surface area contributed by atoms with Crippen LogP contribution in [-0.2, 0) is 4.74 Å². The molecular formula is C18H21FN4O2. The maximum atomic E-state index is 13.6. The van der Waals surface area contributed by atoms with Gasteiger partial charge < -0.3 is 19.6 Å². The first-order chi connectivity index (χ1) is 12.2. The first-order valence-corrected chi connectivity index (χ1v) is 8.55. The molecule has 2 atom stereocenters. The number of hydrogen-bond acceptors (Lipinski definition) is 6. The molecule has 2 saturated heterocycles. The Bertz CT molecular complexity index is 739. The summed E-state index contributed by atoms with van der Waals surface area (Å²) >= 11 is 0. The van der Waals surface area contributed by atoms with Crippen LogP contribution in [0.4, 0.5) is 16.0 Å². The van der Waals surface area contributed by atoms with E-state index in [1.54, 1.807) is 12.4 Å². The standard InChI is InChI=1S/C18H21FN4O2/c19-14-3-1-2-13(8-14)16-9-15(24)11-23(16)18-10-17(20-12-21-18)22-4-6-25-7-5-22/h1-3,8,10,12,15-16,24H,4-7,9,11H2/t15-,16+/m0/s1. The Morgan fingerprint density at radius 2 is 1.92 bits per heavy atom. The summed E-state index contributed by atoms with van der Waals surface area (Å²) in [6.07, 6.45) is 1.64. The predicted molar refractivity (Wildman–Crippen MR) is 92.2 cm³/mol. The molecule has 2 aromatic rings. The summed E-state index contributed by atoms with van der Waals surface area (Å²) < 4.78 is 19.0. The van der Waals surface area contributed by atoms with Crippen molar-refractivity contribution in [1.29, 1.82) is 0 Å². The Labute approximate surface area is 145 Å². The molecule has 1 aromatic carbocycles.